The number of carbonyl (C=O) groups excluding carboxylic acids is 1. The first-order valence-electron chi connectivity index (χ1n) is 10.4. The van der Waals surface area contributed by atoms with Crippen LogP contribution in [-0.4, -0.2) is 24.8 Å². The lowest BCUT2D eigenvalue weighted by molar-refractivity contribution is -0.277. The summed E-state index contributed by atoms with van der Waals surface area (Å²) in [6, 6.07) is 0. The molecule has 3 fully saturated rings. The van der Waals surface area contributed by atoms with Crippen LogP contribution in [-0.2, 0) is 14.3 Å². The molecule has 1 heterocycles. The van der Waals surface area contributed by atoms with Crippen molar-refractivity contribution in [3.8, 4) is 0 Å². The van der Waals surface area contributed by atoms with E-state index in [4.69, 9.17) is 9.47 Å². The van der Waals surface area contributed by atoms with Crippen LogP contribution >= 0.6 is 0 Å². The van der Waals surface area contributed by atoms with E-state index in [1.54, 1.807) is 5.57 Å². The van der Waals surface area contributed by atoms with Gasteiger partial charge in [-0.15, -0.1) is 0 Å². The zero-order chi connectivity index (χ0) is 17.1. The zero-order valence-corrected chi connectivity index (χ0v) is 15.3. The predicted molar refractivity (Wildman–Crippen MR) is 95.9 cm³/mol. The molecule has 4 aliphatic carbocycles. The standard InChI is InChI=1S/C22H30O3/c1-2-21-10-8-17-16-9-11-22(24-12-3-13-25-22)14-15(16)4-5-18(17)19(21)6-7-20(21)23/h4,6-7,16-19H,2-3,5,8-14H2,1H3/t16-,17+,18+,19-,21?/m0/s1. The van der Waals surface area contributed by atoms with Gasteiger partial charge in [0.25, 0.3) is 0 Å². The summed E-state index contributed by atoms with van der Waals surface area (Å²) in [7, 11) is 0. The number of carbonyl (C=O) groups is 1. The highest BCUT2D eigenvalue weighted by Crippen LogP contribution is 2.60. The van der Waals surface area contributed by atoms with Gasteiger partial charge in [-0.2, -0.15) is 0 Å². The average molecular weight is 342 g/mol. The van der Waals surface area contributed by atoms with Crippen molar-refractivity contribution in [3.63, 3.8) is 0 Å². The van der Waals surface area contributed by atoms with Gasteiger partial charge >= 0.3 is 0 Å². The van der Waals surface area contributed by atoms with E-state index in [-0.39, 0.29) is 11.2 Å². The third-order valence-corrected chi connectivity index (χ3v) is 8.12. The van der Waals surface area contributed by atoms with E-state index in [0.29, 0.717) is 23.5 Å². The van der Waals surface area contributed by atoms with Gasteiger partial charge in [-0.1, -0.05) is 24.6 Å². The molecule has 0 N–H and O–H groups in total. The molecule has 0 aromatic heterocycles. The number of ether oxygens (including phenoxy) is 2. The van der Waals surface area contributed by atoms with Crippen LogP contribution in [0.1, 0.15) is 58.3 Å². The predicted octanol–water partition coefficient (Wildman–Crippen LogP) is 4.43. The zero-order valence-electron chi connectivity index (χ0n) is 15.3. The molecule has 3 heteroatoms. The Bertz CT molecular complexity index is 627. The Balaban J connectivity index is 1.41. The number of rotatable bonds is 1. The number of hydrogen-bond donors (Lipinski definition) is 0. The van der Waals surface area contributed by atoms with Gasteiger partial charge in [0.2, 0.25) is 0 Å². The molecule has 5 atom stereocenters. The van der Waals surface area contributed by atoms with Crippen LogP contribution in [0.5, 0.6) is 0 Å². The molecule has 5 rings (SSSR count). The van der Waals surface area contributed by atoms with Gasteiger partial charge in [0.1, 0.15) is 0 Å². The SMILES string of the molecule is CCC12CC[C@H]3[C@@H](CC=C4CC5(CC[C@@H]43)OCCCO5)[C@@H]1C=CC2=O. The first kappa shape index (κ1) is 16.3. The summed E-state index contributed by atoms with van der Waals surface area (Å²) in [5.74, 6) is 2.66. The lowest BCUT2D eigenvalue weighted by Gasteiger charge is -2.54. The Labute approximate surface area is 150 Å². The molecule has 0 aromatic carbocycles. The lowest BCUT2D eigenvalue weighted by atomic mass is 9.51. The highest BCUT2D eigenvalue weighted by Gasteiger charge is 2.56. The first-order chi connectivity index (χ1) is 12.2. The highest BCUT2D eigenvalue weighted by atomic mass is 16.7. The van der Waals surface area contributed by atoms with Gasteiger partial charge in [-0.05, 0) is 68.3 Å². The molecule has 0 radical (unpaired) electrons. The third kappa shape index (κ3) is 2.28. The van der Waals surface area contributed by atoms with Gasteiger partial charge in [0.05, 0.1) is 13.2 Å². The maximum Gasteiger partial charge on any atom is 0.171 e. The second-order valence-electron chi connectivity index (χ2n) is 8.92. The summed E-state index contributed by atoms with van der Waals surface area (Å²) in [6.07, 6.45) is 15.3. The quantitative estimate of drug-likeness (QED) is 0.661. The summed E-state index contributed by atoms with van der Waals surface area (Å²) in [4.78, 5) is 12.6. The van der Waals surface area contributed by atoms with E-state index in [1.165, 1.54) is 12.8 Å². The molecule has 2 saturated carbocycles. The molecule has 0 bridgehead atoms. The van der Waals surface area contributed by atoms with Gasteiger partial charge < -0.3 is 9.47 Å². The Morgan fingerprint density at radius 1 is 1.16 bits per heavy atom. The Morgan fingerprint density at radius 3 is 2.80 bits per heavy atom. The van der Waals surface area contributed by atoms with Gasteiger partial charge in [-0.25, -0.2) is 0 Å². The fraction of sp³-hybridized carbons (Fsp3) is 0.773. The van der Waals surface area contributed by atoms with E-state index >= 15 is 0 Å². The molecule has 1 unspecified atom stereocenters. The summed E-state index contributed by atoms with van der Waals surface area (Å²) < 4.78 is 12.2. The van der Waals surface area contributed by atoms with Crippen LogP contribution in [0.15, 0.2) is 23.8 Å². The number of hydrogen-bond acceptors (Lipinski definition) is 3. The van der Waals surface area contributed by atoms with Gasteiger partial charge in [0.15, 0.2) is 11.6 Å². The van der Waals surface area contributed by atoms with Crippen molar-refractivity contribution in [3.05, 3.63) is 23.8 Å². The minimum Gasteiger partial charge on any atom is -0.349 e. The molecule has 136 valence electrons. The van der Waals surface area contributed by atoms with E-state index in [9.17, 15) is 4.79 Å². The van der Waals surface area contributed by atoms with Crippen LogP contribution in [0.3, 0.4) is 0 Å². The van der Waals surface area contributed by atoms with Crippen LogP contribution < -0.4 is 0 Å². The highest BCUT2D eigenvalue weighted by molar-refractivity contribution is 5.98. The van der Waals surface area contributed by atoms with Crippen molar-refractivity contribution in [2.45, 2.75) is 64.1 Å². The normalized spacial score (nSPS) is 44.8. The van der Waals surface area contributed by atoms with E-state index in [1.807, 2.05) is 6.08 Å². The fourth-order valence-electron chi connectivity index (χ4n) is 6.81. The Hall–Kier alpha value is -0.930. The fourth-order valence-corrected chi connectivity index (χ4v) is 6.81. The molecule has 5 aliphatic rings. The van der Waals surface area contributed by atoms with Crippen molar-refractivity contribution in [2.75, 3.05) is 13.2 Å². The minimum absolute atomic E-state index is 0.0714. The molecule has 25 heavy (non-hydrogen) atoms. The van der Waals surface area contributed by atoms with Crippen molar-refractivity contribution in [2.24, 2.45) is 29.1 Å². The molecular formula is C22H30O3. The van der Waals surface area contributed by atoms with Crippen LogP contribution in [0.2, 0.25) is 0 Å². The van der Waals surface area contributed by atoms with Crippen molar-refractivity contribution < 1.29 is 14.3 Å². The molecular weight excluding hydrogens is 312 g/mol. The minimum atomic E-state index is -0.321. The van der Waals surface area contributed by atoms with E-state index in [0.717, 1.165) is 57.7 Å². The molecule has 0 amide bonds. The smallest absolute Gasteiger partial charge is 0.171 e. The number of allylic oxidation sites excluding steroid dienone is 3. The summed E-state index contributed by atoms with van der Waals surface area (Å²) in [6.45, 7) is 3.90. The maximum absolute atomic E-state index is 12.6. The molecule has 1 saturated heterocycles. The second kappa shape index (κ2) is 5.79. The van der Waals surface area contributed by atoms with E-state index in [2.05, 4.69) is 19.1 Å². The van der Waals surface area contributed by atoms with Crippen LogP contribution in [0.25, 0.3) is 0 Å². The third-order valence-electron chi connectivity index (χ3n) is 8.12. The Kier molecular flexibility index (Phi) is 3.76. The Morgan fingerprint density at radius 2 is 2.00 bits per heavy atom. The van der Waals surface area contributed by atoms with Crippen molar-refractivity contribution in [1.82, 2.24) is 0 Å². The lowest BCUT2D eigenvalue weighted by Crippen LogP contribution is -2.50. The van der Waals surface area contributed by atoms with Crippen LogP contribution in [0, 0.1) is 29.1 Å². The van der Waals surface area contributed by atoms with Crippen molar-refractivity contribution >= 4 is 5.78 Å². The summed E-state index contributed by atoms with van der Waals surface area (Å²) >= 11 is 0. The van der Waals surface area contributed by atoms with Crippen LogP contribution in [0.4, 0.5) is 0 Å². The first-order valence-corrected chi connectivity index (χ1v) is 10.4. The monoisotopic (exact) mass is 342 g/mol. The van der Waals surface area contributed by atoms with Gasteiger partial charge in [0, 0.05) is 18.3 Å². The van der Waals surface area contributed by atoms with E-state index < -0.39 is 0 Å². The molecule has 1 spiro atoms. The summed E-state index contributed by atoms with van der Waals surface area (Å²) in [5.41, 5.74) is 1.52. The van der Waals surface area contributed by atoms with Gasteiger partial charge in [-0.3, -0.25) is 4.79 Å². The topological polar surface area (TPSA) is 35.5 Å². The maximum atomic E-state index is 12.6. The number of fused-ring (bicyclic) bond motifs is 5. The number of ketones is 1. The largest absolute Gasteiger partial charge is 0.349 e. The molecule has 1 aliphatic heterocycles. The average Bonchev–Trinajstić information content (AvgIpc) is 2.99. The van der Waals surface area contributed by atoms with Crippen molar-refractivity contribution in [1.29, 1.82) is 0 Å². The summed E-state index contributed by atoms with van der Waals surface area (Å²) in [5, 5.41) is 0. The molecule has 0 aromatic rings. The second-order valence-corrected chi connectivity index (χ2v) is 8.92. The molecule has 3 nitrogen and oxygen atoms in total.